The first-order valence-electron chi connectivity index (χ1n) is 4.80. The van der Waals surface area contributed by atoms with Crippen LogP contribution in [0.1, 0.15) is 5.56 Å². The second-order valence-corrected chi connectivity index (χ2v) is 3.19. The van der Waals surface area contributed by atoms with Gasteiger partial charge in [0.05, 0.1) is 20.8 Å². The van der Waals surface area contributed by atoms with E-state index in [1.807, 2.05) is 6.07 Å². The van der Waals surface area contributed by atoms with Gasteiger partial charge in [0, 0.05) is 6.54 Å². The molecular weight excluding hydrogens is 210 g/mol. The van der Waals surface area contributed by atoms with Gasteiger partial charge in [0.2, 0.25) is 0 Å². The van der Waals surface area contributed by atoms with Gasteiger partial charge in [-0.1, -0.05) is 6.07 Å². The van der Waals surface area contributed by atoms with Crippen LogP contribution in [0.3, 0.4) is 0 Å². The number of esters is 1. The van der Waals surface area contributed by atoms with Gasteiger partial charge in [-0.3, -0.25) is 4.79 Å². The third-order valence-corrected chi connectivity index (χ3v) is 2.07. The molecule has 2 N–H and O–H groups in total. The SMILES string of the molecule is COC(=O)CNCc1ccc(OC)c(O)c1. The summed E-state index contributed by atoms with van der Waals surface area (Å²) in [6.45, 7) is 0.621. The Hall–Kier alpha value is -1.75. The number of carbonyl (C=O) groups is 1. The maximum Gasteiger partial charge on any atom is 0.319 e. The lowest BCUT2D eigenvalue weighted by Crippen LogP contribution is -2.23. The maximum atomic E-state index is 10.8. The summed E-state index contributed by atoms with van der Waals surface area (Å²) in [5.74, 6) is 0.189. The molecule has 0 heterocycles. The molecular formula is C11H15NO4. The fourth-order valence-corrected chi connectivity index (χ4v) is 1.23. The fourth-order valence-electron chi connectivity index (χ4n) is 1.23. The Morgan fingerprint density at radius 1 is 1.44 bits per heavy atom. The summed E-state index contributed by atoms with van der Waals surface area (Å²) < 4.78 is 9.39. The van der Waals surface area contributed by atoms with Crippen molar-refractivity contribution in [2.75, 3.05) is 20.8 Å². The average Bonchev–Trinajstić information content (AvgIpc) is 2.29. The molecule has 1 rings (SSSR count). The molecule has 0 unspecified atom stereocenters. The van der Waals surface area contributed by atoms with E-state index in [4.69, 9.17) is 4.74 Å². The second kappa shape index (κ2) is 5.97. The minimum absolute atomic E-state index is 0.0832. The number of rotatable bonds is 5. The van der Waals surface area contributed by atoms with E-state index >= 15 is 0 Å². The van der Waals surface area contributed by atoms with Gasteiger partial charge in [0.1, 0.15) is 0 Å². The Bertz CT molecular complexity index is 365. The van der Waals surface area contributed by atoms with Crippen LogP contribution >= 0.6 is 0 Å². The van der Waals surface area contributed by atoms with Crippen molar-refractivity contribution in [2.24, 2.45) is 0 Å². The van der Waals surface area contributed by atoms with Gasteiger partial charge in [-0.25, -0.2) is 0 Å². The van der Waals surface area contributed by atoms with E-state index in [1.54, 1.807) is 12.1 Å². The molecule has 0 aliphatic heterocycles. The summed E-state index contributed by atoms with van der Waals surface area (Å²) >= 11 is 0. The molecule has 5 nitrogen and oxygen atoms in total. The Kier molecular flexibility index (Phi) is 4.60. The number of phenols is 1. The van der Waals surface area contributed by atoms with Crippen molar-refractivity contribution in [2.45, 2.75) is 6.54 Å². The smallest absolute Gasteiger partial charge is 0.319 e. The number of methoxy groups -OCH3 is 2. The summed E-state index contributed by atoms with van der Waals surface area (Å²) in [5, 5.41) is 12.4. The third-order valence-electron chi connectivity index (χ3n) is 2.07. The normalized spacial score (nSPS) is 9.88. The number of nitrogens with one attached hydrogen (secondary N) is 1. The molecule has 16 heavy (non-hydrogen) atoms. The summed E-state index contributed by atoms with van der Waals surface area (Å²) in [6, 6.07) is 5.07. The van der Waals surface area contributed by atoms with E-state index in [0.29, 0.717) is 12.3 Å². The summed E-state index contributed by atoms with van der Waals surface area (Å²) in [4.78, 5) is 10.8. The zero-order valence-electron chi connectivity index (χ0n) is 9.32. The molecule has 0 radical (unpaired) electrons. The topological polar surface area (TPSA) is 67.8 Å². The molecule has 1 aromatic carbocycles. The van der Waals surface area contributed by atoms with Gasteiger partial charge >= 0.3 is 5.97 Å². The van der Waals surface area contributed by atoms with Crippen molar-refractivity contribution in [3.8, 4) is 11.5 Å². The second-order valence-electron chi connectivity index (χ2n) is 3.19. The Morgan fingerprint density at radius 3 is 2.75 bits per heavy atom. The van der Waals surface area contributed by atoms with Crippen LogP contribution in [0.15, 0.2) is 18.2 Å². The number of benzene rings is 1. The van der Waals surface area contributed by atoms with Gasteiger partial charge < -0.3 is 19.9 Å². The molecule has 0 atom stereocenters. The molecule has 0 spiro atoms. The zero-order valence-corrected chi connectivity index (χ0v) is 9.32. The van der Waals surface area contributed by atoms with Gasteiger partial charge in [-0.05, 0) is 17.7 Å². The highest BCUT2D eigenvalue weighted by Gasteiger charge is 2.03. The molecule has 0 saturated carbocycles. The lowest BCUT2D eigenvalue weighted by molar-refractivity contribution is -0.139. The van der Waals surface area contributed by atoms with Crippen LogP contribution < -0.4 is 10.1 Å². The van der Waals surface area contributed by atoms with Crippen molar-refractivity contribution < 1.29 is 19.4 Å². The van der Waals surface area contributed by atoms with Gasteiger partial charge in [0.15, 0.2) is 11.5 Å². The number of ether oxygens (including phenoxy) is 2. The van der Waals surface area contributed by atoms with Crippen LogP contribution in [-0.2, 0) is 16.1 Å². The van der Waals surface area contributed by atoms with E-state index in [-0.39, 0.29) is 18.3 Å². The van der Waals surface area contributed by atoms with Crippen molar-refractivity contribution in [3.63, 3.8) is 0 Å². The van der Waals surface area contributed by atoms with Gasteiger partial charge in [-0.15, -0.1) is 0 Å². The van der Waals surface area contributed by atoms with Crippen LogP contribution in [0.2, 0.25) is 0 Å². The van der Waals surface area contributed by atoms with Crippen molar-refractivity contribution >= 4 is 5.97 Å². The zero-order chi connectivity index (χ0) is 12.0. The standard InChI is InChI=1S/C11H15NO4/c1-15-10-4-3-8(5-9(10)13)6-12-7-11(14)16-2/h3-5,12-13H,6-7H2,1-2H3. The Labute approximate surface area is 94.0 Å². The molecule has 1 aromatic rings. The molecule has 0 aliphatic carbocycles. The van der Waals surface area contributed by atoms with Crippen LogP contribution in [0.4, 0.5) is 0 Å². The van der Waals surface area contributed by atoms with Gasteiger partial charge in [0.25, 0.3) is 0 Å². The van der Waals surface area contributed by atoms with Crippen LogP contribution in [-0.4, -0.2) is 31.8 Å². The van der Waals surface area contributed by atoms with E-state index in [9.17, 15) is 9.90 Å². The average molecular weight is 225 g/mol. The lowest BCUT2D eigenvalue weighted by Gasteiger charge is -2.07. The monoisotopic (exact) mass is 225 g/mol. The molecule has 0 bridgehead atoms. The lowest BCUT2D eigenvalue weighted by atomic mass is 10.2. The Morgan fingerprint density at radius 2 is 2.19 bits per heavy atom. The summed E-state index contributed by atoms with van der Waals surface area (Å²) in [5.41, 5.74) is 0.863. The highest BCUT2D eigenvalue weighted by Crippen LogP contribution is 2.25. The first-order valence-corrected chi connectivity index (χ1v) is 4.80. The minimum Gasteiger partial charge on any atom is -0.504 e. The predicted octanol–water partition coefficient (Wildman–Crippen LogP) is 0.663. The Balaban J connectivity index is 2.49. The highest BCUT2D eigenvalue weighted by atomic mass is 16.5. The minimum atomic E-state index is -0.322. The van der Waals surface area contributed by atoms with Crippen molar-refractivity contribution in [3.05, 3.63) is 23.8 Å². The first kappa shape index (κ1) is 12.3. The molecule has 0 aromatic heterocycles. The number of hydrogen-bond donors (Lipinski definition) is 2. The molecule has 0 fully saturated rings. The summed E-state index contributed by atoms with van der Waals surface area (Å²) in [7, 11) is 2.83. The van der Waals surface area contributed by atoms with Crippen LogP contribution in [0, 0.1) is 0 Å². The number of carbonyl (C=O) groups excluding carboxylic acids is 1. The molecule has 0 aliphatic rings. The largest absolute Gasteiger partial charge is 0.504 e. The fraction of sp³-hybridized carbons (Fsp3) is 0.364. The molecule has 5 heteroatoms. The molecule has 88 valence electrons. The first-order chi connectivity index (χ1) is 7.67. The molecule has 0 saturated heterocycles. The quantitative estimate of drug-likeness (QED) is 0.721. The van der Waals surface area contributed by atoms with Crippen LogP contribution in [0.5, 0.6) is 11.5 Å². The number of phenolic OH excluding ortho intramolecular Hbond substituents is 1. The van der Waals surface area contributed by atoms with Crippen molar-refractivity contribution in [1.82, 2.24) is 5.32 Å². The number of hydrogen-bond acceptors (Lipinski definition) is 5. The van der Waals surface area contributed by atoms with Gasteiger partial charge in [-0.2, -0.15) is 0 Å². The highest BCUT2D eigenvalue weighted by molar-refractivity contribution is 5.71. The molecule has 0 amide bonds. The summed E-state index contributed by atoms with van der Waals surface area (Å²) in [6.07, 6.45) is 0. The van der Waals surface area contributed by atoms with Crippen molar-refractivity contribution in [1.29, 1.82) is 0 Å². The van der Waals surface area contributed by atoms with E-state index < -0.39 is 0 Å². The third kappa shape index (κ3) is 3.43. The van der Waals surface area contributed by atoms with E-state index in [0.717, 1.165) is 5.56 Å². The van der Waals surface area contributed by atoms with E-state index in [1.165, 1.54) is 14.2 Å². The van der Waals surface area contributed by atoms with E-state index in [2.05, 4.69) is 10.1 Å². The number of aromatic hydroxyl groups is 1. The predicted molar refractivity (Wildman–Crippen MR) is 58.4 cm³/mol. The van der Waals surface area contributed by atoms with Crippen LogP contribution in [0.25, 0.3) is 0 Å². The maximum absolute atomic E-state index is 10.8.